The minimum absolute atomic E-state index is 0.176. The molecule has 0 radical (unpaired) electrons. The molecule has 0 amide bonds. The highest BCUT2D eigenvalue weighted by Crippen LogP contribution is 2.30. The van der Waals surface area contributed by atoms with Crippen LogP contribution in [-0.4, -0.2) is 143 Å². The fourth-order valence-electron chi connectivity index (χ4n) is 8.32. The predicted octanol–water partition coefficient (Wildman–Crippen LogP) is 8.10. The van der Waals surface area contributed by atoms with E-state index in [-0.39, 0.29) is 13.2 Å². The molecule has 0 aliphatic carbocycles. The summed E-state index contributed by atoms with van der Waals surface area (Å²) in [6, 6.07) is 0. The fourth-order valence-corrected chi connectivity index (χ4v) is 8.32. The van der Waals surface area contributed by atoms with E-state index < -0.39 is 80.7 Å². The van der Waals surface area contributed by atoms with Crippen LogP contribution in [-0.2, 0) is 28.4 Å². The van der Waals surface area contributed by atoms with Crippen LogP contribution in [0.3, 0.4) is 0 Å². The van der Waals surface area contributed by atoms with Crippen LogP contribution in [0, 0.1) is 0 Å². The Bertz CT molecular complexity index is 1050. The largest absolute Gasteiger partial charge is 0.394 e. The van der Waals surface area contributed by atoms with Crippen LogP contribution in [0.2, 0.25) is 0 Å². The highest BCUT2D eigenvalue weighted by atomic mass is 16.7. The third-order valence-electron chi connectivity index (χ3n) is 12.5. The topological polar surface area (TPSA) is 197 Å². The molecule has 10 atom stereocenters. The molecule has 0 saturated carbocycles. The minimum Gasteiger partial charge on any atom is -0.394 e. The zero-order chi connectivity index (χ0) is 46.5. The van der Waals surface area contributed by atoms with E-state index in [1.165, 1.54) is 128 Å². The molecular formula is C51H96O13. The van der Waals surface area contributed by atoms with E-state index in [0.717, 1.165) is 51.4 Å². The molecule has 2 fully saturated rings. The fraction of sp³-hybridized carbons (Fsp3) is 0.922. The van der Waals surface area contributed by atoms with Crippen molar-refractivity contribution in [2.75, 3.05) is 39.6 Å². The van der Waals surface area contributed by atoms with Gasteiger partial charge in [-0.05, 0) is 64.2 Å². The summed E-state index contributed by atoms with van der Waals surface area (Å²) in [5.41, 5.74) is 0. The summed E-state index contributed by atoms with van der Waals surface area (Å²) in [5, 5.41) is 72.9. The number of unbranched alkanes of at least 4 members (excludes halogenated alkanes) is 24. The Balaban J connectivity index is 1.75. The summed E-state index contributed by atoms with van der Waals surface area (Å²) in [5.74, 6) is 0. The van der Waals surface area contributed by atoms with Gasteiger partial charge in [-0.15, -0.1) is 0 Å². The number of allylic oxidation sites excluding steroid dienone is 4. The lowest BCUT2D eigenvalue weighted by atomic mass is 9.97. The van der Waals surface area contributed by atoms with Crippen molar-refractivity contribution in [2.45, 2.75) is 261 Å². The lowest BCUT2D eigenvalue weighted by molar-refractivity contribution is -0.364. The smallest absolute Gasteiger partial charge is 0.187 e. The zero-order valence-corrected chi connectivity index (χ0v) is 40.3. The molecule has 13 nitrogen and oxygen atoms in total. The van der Waals surface area contributed by atoms with E-state index in [1.807, 2.05) is 0 Å². The SMILES string of the molecule is CCCCCCCC/C=C\CCCCCCCCOCC(COCCCCCCCC/C=C\CCCCCCCC)O[C@@H]1O[C@H](CO)[C@@H](O[C@H]2O[C@H](CO)[C@@H](O)[C@H](O)[C@H]2O)[C@H](O)[C@H]1O. The van der Waals surface area contributed by atoms with Crippen LogP contribution in [0.25, 0.3) is 0 Å². The minimum atomic E-state index is -1.74. The van der Waals surface area contributed by atoms with Crippen molar-refractivity contribution in [3.8, 4) is 0 Å². The van der Waals surface area contributed by atoms with E-state index in [4.69, 9.17) is 28.4 Å². The maximum Gasteiger partial charge on any atom is 0.187 e. The van der Waals surface area contributed by atoms with E-state index in [1.54, 1.807) is 0 Å². The summed E-state index contributed by atoms with van der Waals surface area (Å²) in [6.45, 7) is 4.64. The molecule has 2 aliphatic heterocycles. The molecule has 2 saturated heterocycles. The average Bonchev–Trinajstić information content (AvgIpc) is 3.30. The number of hydrogen-bond acceptors (Lipinski definition) is 13. The average molecular weight is 917 g/mol. The highest BCUT2D eigenvalue weighted by Gasteiger charge is 2.51. The molecule has 378 valence electrons. The second-order valence-corrected chi connectivity index (χ2v) is 18.3. The molecule has 2 heterocycles. The summed E-state index contributed by atoms with van der Waals surface area (Å²) >= 11 is 0. The quantitative estimate of drug-likeness (QED) is 0.0229. The van der Waals surface area contributed by atoms with Crippen molar-refractivity contribution < 1.29 is 64.2 Å². The lowest BCUT2D eigenvalue weighted by Gasteiger charge is -2.46. The summed E-state index contributed by atoms with van der Waals surface area (Å²) in [7, 11) is 0. The second-order valence-electron chi connectivity index (χ2n) is 18.3. The Morgan fingerprint density at radius 3 is 1.22 bits per heavy atom. The zero-order valence-electron chi connectivity index (χ0n) is 40.3. The Hall–Kier alpha value is -1.04. The van der Waals surface area contributed by atoms with Crippen molar-refractivity contribution in [2.24, 2.45) is 0 Å². The van der Waals surface area contributed by atoms with Gasteiger partial charge >= 0.3 is 0 Å². The van der Waals surface area contributed by atoms with E-state index in [9.17, 15) is 35.7 Å². The highest BCUT2D eigenvalue weighted by molar-refractivity contribution is 4.94. The maximum atomic E-state index is 11.1. The van der Waals surface area contributed by atoms with Gasteiger partial charge in [-0.3, -0.25) is 0 Å². The van der Waals surface area contributed by atoms with Gasteiger partial charge in [0.15, 0.2) is 12.6 Å². The standard InChI is InChI=1S/C51H96O13/c1-3-5-7-9-11-13-15-17-19-21-23-25-27-29-31-33-35-59-39-41(40-60-36-34-32-30-28-26-24-22-20-18-16-14-12-10-8-6-4-2)61-50-48(58)46(56)49(43(38-53)63-50)64-51-47(57)45(55)44(54)42(37-52)62-51/h17-20,41-58H,3-16,21-40H2,1-2H3/b19-17-,20-18-/t42-,43-,44-,45+,46-,47-,48-,49-,50-,51-/m1/s1. The number of rotatable bonds is 42. The molecule has 0 bridgehead atoms. The van der Waals surface area contributed by atoms with Crippen molar-refractivity contribution in [3.63, 3.8) is 0 Å². The lowest BCUT2D eigenvalue weighted by Crippen LogP contribution is -2.65. The Kier molecular flexibility index (Phi) is 36.8. The molecule has 0 aromatic heterocycles. The van der Waals surface area contributed by atoms with Crippen LogP contribution < -0.4 is 0 Å². The molecule has 0 aromatic rings. The van der Waals surface area contributed by atoms with Crippen LogP contribution in [0.1, 0.15) is 194 Å². The molecule has 2 aliphatic rings. The van der Waals surface area contributed by atoms with Crippen LogP contribution >= 0.6 is 0 Å². The Labute approximate surface area is 388 Å². The van der Waals surface area contributed by atoms with Gasteiger partial charge < -0.3 is 64.2 Å². The number of aliphatic hydroxyl groups is 7. The maximum absolute atomic E-state index is 11.1. The molecule has 7 N–H and O–H groups in total. The van der Waals surface area contributed by atoms with Gasteiger partial charge in [0.25, 0.3) is 0 Å². The number of ether oxygens (including phenoxy) is 6. The monoisotopic (exact) mass is 917 g/mol. The predicted molar refractivity (Wildman–Crippen MR) is 252 cm³/mol. The summed E-state index contributed by atoms with van der Waals surface area (Å²) in [6.07, 6.45) is 27.9. The molecule has 64 heavy (non-hydrogen) atoms. The van der Waals surface area contributed by atoms with E-state index in [0.29, 0.717) is 13.2 Å². The molecule has 13 heteroatoms. The summed E-state index contributed by atoms with van der Waals surface area (Å²) < 4.78 is 35.2. The molecule has 2 rings (SSSR count). The van der Waals surface area contributed by atoms with Crippen molar-refractivity contribution in [3.05, 3.63) is 24.3 Å². The Morgan fingerprint density at radius 2 is 0.797 bits per heavy atom. The molecule has 0 unspecified atom stereocenters. The first kappa shape index (κ1) is 59.1. The van der Waals surface area contributed by atoms with Gasteiger partial charge in [-0.1, -0.05) is 154 Å². The van der Waals surface area contributed by atoms with Gasteiger partial charge in [0.05, 0.1) is 26.4 Å². The third-order valence-corrected chi connectivity index (χ3v) is 12.5. The normalized spacial score (nSPS) is 26.6. The number of hydrogen-bond donors (Lipinski definition) is 7. The van der Waals surface area contributed by atoms with Crippen molar-refractivity contribution in [1.29, 1.82) is 0 Å². The van der Waals surface area contributed by atoms with Gasteiger partial charge in [-0.2, -0.15) is 0 Å². The van der Waals surface area contributed by atoms with E-state index >= 15 is 0 Å². The van der Waals surface area contributed by atoms with Crippen molar-refractivity contribution in [1.82, 2.24) is 0 Å². The molecular weight excluding hydrogens is 821 g/mol. The number of aliphatic hydroxyl groups excluding tert-OH is 7. The molecule has 0 spiro atoms. The first-order chi connectivity index (χ1) is 31.3. The molecule has 0 aromatic carbocycles. The van der Waals surface area contributed by atoms with Crippen LogP contribution in [0.4, 0.5) is 0 Å². The van der Waals surface area contributed by atoms with Crippen LogP contribution in [0.15, 0.2) is 24.3 Å². The van der Waals surface area contributed by atoms with Gasteiger partial charge in [-0.25, -0.2) is 0 Å². The second kappa shape index (κ2) is 39.9. The van der Waals surface area contributed by atoms with Gasteiger partial charge in [0, 0.05) is 13.2 Å². The Morgan fingerprint density at radius 1 is 0.422 bits per heavy atom. The van der Waals surface area contributed by atoms with Gasteiger partial charge in [0.2, 0.25) is 0 Å². The van der Waals surface area contributed by atoms with E-state index in [2.05, 4.69) is 38.2 Å². The third kappa shape index (κ3) is 26.5. The van der Waals surface area contributed by atoms with Gasteiger partial charge in [0.1, 0.15) is 54.9 Å². The van der Waals surface area contributed by atoms with Crippen LogP contribution in [0.5, 0.6) is 0 Å². The van der Waals surface area contributed by atoms with Crippen molar-refractivity contribution >= 4 is 0 Å². The first-order valence-corrected chi connectivity index (χ1v) is 26.0. The summed E-state index contributed by atoms with van der Waals surface area (Å²) in [4.78, 5) is 0. The first-order valence-electron chi connectivity index (χ1n) is 26.0.